The van der Waals surface area contributed by atoms with Crippen molar-refractivity contribution in [3.63, 3.8) is 0 Å². The second-order valence-electron chi connectivity index (χ2n) is 5.95. The zero-order valence-corrected chi connectivity index (χ0v) is 12.4. The number of carbonyl (C=O) groups is 2. The van der Waals surface area contributed by atoms with Crippen molar-refractivity contribution in [2.75, 3.05) is 19.6 Å². The molecule has 0 radical (unpaired) electrons. The van der Waals surface area contributed by atoms with E-state index in [0.29, 0.717) is 13.1 Å². The van der Waals surface area contributed by atoms with Gasteiger partial charge in [0, 0.05) is 26.2 Å². The molecule has 3 rings (SSSR count). The molecule has 2 aliphatic heterocycles. The van der Waals surface area contributed by atoms with Crippen molar-refractivity contribution in [1.82, 2.24) is 9.80 Å². The molecule has 1 saturated heterocycles. The summed E-state index contributed by atoms with van der Waals surface area (Å²) >= 11 is 0. The van der Waals surface area contributed by atoms with Gasteiger partial charge < -0.3 is 9.80 Å². The molecule has 0 atom stereocenters. The lowest BCUT2D eigenvalue weighted by Gasteiger charge is -2.30. The van der Waals surface area contributed by atoms with Crippen molar-refractivity contribution in [3.8, 4) is 0 Å². The van der Waals surface area contributed by atoms with Crippen LogP contribution >= 0.6 is 0 Å². The van der Waals surface area contributed by atoms with E-state index in [1.54, 1.807) is 9.80 Å². The van der Waals surface area contributed by atoms with Crippen molar-refractivity contribution >= 4 is 11.8 Å². The van der Waals surface area contributed by atoms with Crippen LogP contribution in [-0.2, 0) is 22.6 Å². The minimum absolute atomic E-state index is 0.309. The topological polar surface area (TPSA) is 40.6 Å². The van der Waals surface area contributed by atoms with Crippen LogP contribution in [0.1, 0.15) is 36.8 Å². The van der Waals surface area contributed by atoms with E-state index in [-0.39, 0.29) is 11.8 Å². The summed E-state index contributed by atoms with van der Waals surface area (Å²) in [5.41, 5.74) is 2.46. The Morgan fingerprint density at radius 3 is 2.10 bits per heavy atom. The second-order valence-corrected chi connectivity index (χ2v) is 5.95. The first kappa shape index (κ1) is 14.1. The number of rotatable bonds is 0. The minimum Gasteiger partial charge on any atom is -0.334 e. The van der Waals surface area contributed by atoms with Crippen molar-refractivity contribution in [2.45, 2.75) is 38.6 Å². The van der Waals surface area contributed by atoms with E-state index in [9.17, 15) is 9.59 Å². The van der Waals surface area contributed by atoms with Gasteiger partial charge in [0.2, 0.25) is 0 Å². The van der Waals surface area contributed by atoms with E-state index >= 15 is 0 Å². The molecule has 0 aromatic heterocycles. The van der Waals surface area contributed by atoms with Gasteiger partial charge in [-0.3, -0.25) is 9.59 Å². The van der Waals surface area contributed by atoms with Crippen LogP contribution in [0.5, 0.6) is 0 Å². The third-order valence-corrected chi connectivity index (χ3v) is 4.49. The highest BCUT2D eigenvalue weighted by atomic mass is 16.2. The van der Waals surface area contributed by atoms with Gasteiger partial charge in [-0.1, -0.05) is 37.1 Å². The fourth-order valence-electron chi connectivity index (χ4n) is 3.21. The summed E-state index contributed by atoms with van der Waals surface area (Å²) < 4.78 is 0. The van der Waals surface area contributed by atoms with E-state index < -0.39 is 0 Å². The molecule has 0 saturated carbocycles. The number of fused-ring (bicyclic) bond motifs is 1. The van der Waals surface area contributed by atoms with Crippen LogP contribution in [0.15, 0.2) is 24.3 Å². The van der Waals surface area contributed by atoms with E-state index in [0.717, 1.165) is 45.2 Å². The second kappa shape index (κ2) is 6.29. The number of benzene rings is 1. The Hall–Kier alpha value is -1.84. The standard InChI is InChI=1S/C17H22N2O2/c20-16(18-10-5-1-2-6-11-18)17(21)19-12-9-14-7-3-4-8-15(14)13-19/h3-4,7-8H,1-2,5-6,9-13H2. The fourth-order valence-corrected chi connectivity index (χ4v) is 3.21. The Morgan fingerprint density at radius 1 is 0.762 bits per heavy atom. The summed E-state index contributed by atoms with van der Waals surface area (Å²) in [4.78, 5) is 28.3. The number of carbonyl (C=O) groups excluding carboxylic acids is 2. The zero-order chi connectivity index (χ0) is 14.7. The van der Waals surface area contributed by atoms with Crippen molar-refractivity contribution in [3.05, 3.63) is 35.4 Å². The molecule has 0 aliphatic carbocycles. The largest absolute Gasteiger partial charge is 0.334 e. The Balaban J connectivity index is 1.67. The Morgan fingerprint density at radius 2 is 1.38 bits per heavy atom. The van der Waals surface area contributed by atoms with Crippen molar-refractivity contribution in [1.29, 1.82) is 0 Å². The predicted octanol–water partition coefficient (Wildman–Crippen LogP) is 1.97. The quantitative estimate of drug-likeness (QED) is 0.684. The molecule has 0 N–H and O–H groups in total. The average molecular weight is 286 g/mol. The number of nitrogens with zero attached hydrogens (tertiary/aromatic N) is 2. The molecule has 1 aromatic carbocycles. The lowest BCUT2D eigenvalue weighted by Crippen LogP contribution is -2.47. The maximum absolute atomic E-state index is 12.5. The monoisotopic (exact) mass is 286 g/mol. The van der Waals surface area contributed by atoms with Gasteiger partial charge in [-0.15, -0.1) is 0 Å². The first-order valence-electron chi connectivity index (χ1n) is 7.90. The van der Waals surface area contributed by atoms with Gasteiger partial charge in [-0.25, -0.2) is 0 Å². The molecule has 4 nitrogen and oxygen atoms in total. The molecule has 0 spiro atoms. The van der Waals surface area contributed by atoms with E-state index in [1.807, 2.05) is 18.2 Å². The summed E-state index contributed by atoms with van der Waals surface area (Å²) in [5, 5.41) is 0. The number of amides is 2. The van der Waals surface area contributed by atoms with Gasteiger partial charge >= 0.3 is 11.8 Å². The van der Waals surface area contributed by atoms with Crippen LogP contribution in [0, 0.1) is 0 Å². The summed E-state index contributed by atoms with van der Waals surface area (Å²) in [6.45, 7) is 2.67. The third kappa shape index (κ3) is 3.09. The molecule has 4 heteroatoms. The Labute approximate surface area is 125 Å². The average Bonchev–Trinajstić information content (AvgIpc) is 2.82. The molecule has 21 heavy (non-hydrogen) atoms. The molecule has 0 unspecified atom stereocenters. The van der Waals surface area contributed by atoms with Crippen LogP contribution in [0.4, 0.5) is 0 Å². The normalized spacial score (nSPS) is 18.9. The lowest BCUT2D eigenvalue weighted by atomic mass is 10.00. The van der Waals surface area contributed by atoms with Gasteiger partial charge in [0.05, 0.1) is 0 Å². The van der Waals surface area contributed by atoms with Gasteiger partial charge in [-0.05, 0) is 30.4 Å². The summed E-state index contributed by atoms with van der Waals surface area (Å²) in [6, 6.07) is 8.17. The molecule has 2 aliphatic rings. The van der Waals surface area contributed by atoms with E-state index in [1.165, 1.54) is 11.1 Å². The van der Waals surface area contributed by atoms with Gasteiger partial charge in [-0.2, -0.15) is 0 Å². The molecule has 112 valence electrons. The minimum atomic E-state index is -0.327. The first-order valence-corrected chi connectivity index (χ1v) is 7.90. The lowest BCUT2D eigenvalue weighted by molar-refractivity contribution is -0.152. The van der Waals surface area contributed by atoms with E-state index in [4.69, 9.17) is 0 Å². The van der Waals surface area contributed by atoms with Crippen LogP contribution < -0.4 is 0 Å². The molecule has 1 fully saturated rings. The SMILES string of the molecule is O=C(C(=O)N1CCc2ccccc2C1)N1CCCCCC1. The maximum atomic E-state index is 12.5. The highest BCUT2D eigenvalue weighted by Crippen LogP contribution is 2.19. The summed E-state index contributed by atoms with van der Waals surface area (Å²) in [6.07, 6.45) is 5.20. The first-order chi connectivity index (χ1) is 10.3. The van der Waals surface area contributed by atoms with Gasteiger partial charge in [0.1, 0.15) is 0 Å². The number of hydrogen-bond acceptors (Lipinski definition) is 2. The smallest absolute Gasteiger partial charge is 0.312 e. The summed E-state index contributed by atoms with van der Waals surface area (Å²) in [5.74, 6) is -0.636. The van der Waals surface area contributed by atoms with Crippen LogP contribution in [0.25, 0.3) is 0 Å². The summed E-state index contributed by atoms with van der Waals surface area (Å²) in [7, 11) is 0. The predicted molar refractivity (Wildman–Crippen MR) is 80.6 cm³/mol. The molecule has 0 bridgehead atoms. The molecular weight excluding hydrogens is 264 g/mol. The Bertz CT molecular complexity index is 533. The van der Waals surface area contributed by atoms with E-state index in [2.05, 4.69) is 6.07 Å². The van der Waals surface area contributed by atoms with Crippen molar-refractivity contribution in [2.24, 2.45) is 0 Å². The fraction of sp³-hybridized carbons (Fsp3) is 0.529. The molecule has 2 amide bonds. The maximum Gasteiger partial charge on any atom is 0.312 e. The molecular formula is C17H22N2O2. The Kier molecular flexibility index (Phi) is 4.23. The molecule has 1 aromatic rings. The number of hydrogen-bond donors (Lipinski definition) is 0. The van der Waals surface area contributed by atoms with Gasteiger partial charge in [0.25, 0.3) is 0 Å². The molecule has 2 heterocycles. The highest BCUT2D eigenvalue weighted by molar-refractivity contribution is 6.34. The third-order valence-electron chi connectivity index (χ3n) is 4.49. The number of likely N-dealkylation sites (tertiary alicyclic amines) is 1. The van der Waals surface area contributed by atoms with Crippen LogP contribution in [0.3, 0.4) is 0 Å². The highest BCUT2D eigenvalue weighted by Gasteiger charge is 2.29. The van der Waals surface area contributed by atoms with Gasteiger partial charge in [0.15, 0.2) is 0 Å². The van der Waals surface area contributed by atoms with Crippen LogP contribution in [0.2, 0.25) is 0 Å². The zero-order valence-electron chi connectivity index (χ0n) is 12.4. The van der Waals surface area contributed by atoms with Crippen LogP contribution in [-0.4, -0.2) is 41.2 Å². The van der Waals surface area contributed by atoms with Crippen molar-refractivity contribution < 1.29 is 9.59 Å².